The van der Waals surface area contributed by atoms with Crippen LogP contribution in [-0.2, 0) is 11.0 Å². The third-order valence-electron chi connectivity index (χ3n) is 6.02. The van der Waals surface area contributed by atoms with Crippen LogP contribution in [-0.4, -0.2) is 52.9 Å². The van der Waals surface area contributed by atoms with E-state index >= 15 is 0 Å². The number of benzene rings is 3. The highest BCUT2D eigenvalue weighted by atomic mass is 19.4. The second-order valence-electron chi connectivity index (χ2n) is 9.20. The molecule has 0 aliphatic rings. The molecule has 0 unspecified atom stereocenters. The molecule has 3 N–H and O–H groups in total. The lowest BCUT2D eigenvalue weighted by atomic mass is 9.92. The average Bonchev–Trinajstić information content (AvgIpc) is 3.34. The van der Waals surface area contributed by atoms with Gasteiger partial charge in [-0.25, -0.2) is 4.79 Å². The van der Waals surface area contributed by atoms with Crippen molar-refractivity contribution in [3.8, 4) is 17.2 Å². The molecule has 42 heavy (non-hydrogen) atoms. The fourth-order valence-corrected chi connectivity index (χ4v) is 4.16. The number of hydrogen-bond donors (Lipinski definition) is 3. The molecule has 4 aromatic rings. The fourth-order valence-electron chi connectivity index (χ4n) is 4.16. The summed E-state index contributed by atoms with van der Waals surface area (Å²) in [5, 5.41) is 26.9. The van der Waals surface area contributed by atoms with Crippen LogP contribution in [0, 0.1) is 11.3 Å². The number of fused-ring (bicyclic) bond motifs is 1. The molecule has 0 aliphatic heterocycles. The van der Waals surface area contributed by atoms with Gasteiger partial charge in [0.1, 0.15) is 0 Å². The molecule has 1 aromatic heterocycles. The van der Waals surface area contributed by atoms with Gasteiger partial charge in [0.05, 0.1) is 33.8 Å². The number of halogens is 3. The molecule has 14 heteroatoms. The standard InChI is InChI=1S/C28H20F3N5O6/c1-13(37)33-15-5-6-16(21(9-15)28(29,30)31)17-11-23-20(10-18(17)26(39)36(2)3)24(35-42-23)25(38)34-22-7-4-14(12-32)8-19(22)27(40)41/h4-11H,1-3H3,(H,33,37)(H,34,38)(H,40,41). The maximum Gasteiger partial charge on any atom is 0.417 e. The molecule has 4 rings (SSSR count). The van der Waals surface area contributed by atoms with Crippen molar-refractivity contribution in [2.75, 3.05) is 24.7 Å². The van der Waals surface area contributed by atoms with Crippen molar-refractivity contribution in [2.45, 2.75) is 13.1 Å². The Labute approximate surface area is 235 Å². The molecule has 1 heterocycles. The molecule has 0 bridgehead atoms. The Morgan fingerprint density at radius 3 is 2.29 bits per heavy atom. The number of aromatic nitrogens is 1. The van der Waals surface area contributed by atoms with Crippen LogP contribution in [0.5, 0.6) is 0 Å². The van der Waals surface area contributed by atoms with Gasteiger partial charge in [0.15, 0.2) is 11.3 Å². The van der Waals surface area contributed by atoms with E-state index in [-0.39, 0.29) is 50.3 Å². The maximum atomic E-state index is 14.2. The number of hydrogen-bond acceptors (Lipinski definition) is 7. The number of carboxylic acids is 1. The van der Waals surface area contributed by atoms with Crippen LogP contribution in [0.2, 0.25) is 0 Å². The lowest BCUT2D eigenvalue weighted by molar-refractivity contribution is -0.137. The zero-order valence-corrected chi connectivity index (χ0v) is 22.1. The summed E-state index contributed by atoms with van der Waals surface area (Å²) in [6, 6.07) is 10.8. The second kappa shape index (κ2) is 11.0. The van der Waals surface area contributed by atoms with E-state index in [1.165, 1.54) is 32.3 Å². The number of aromatic carboxylic acids is 1. The summed E-state index contributed by atoms with van der Waals surface area (Å²) < 4.78 is 47.7. The average molecular weight is 579 g/mol. The second-order valence-corrected chi connectivity index (χ2v) is 9.20. The van der Waals surface area contributed by atoms with Gasteiger partial charge in [-0.05, 0) is 53.6 Å². The van der Waals surface area contributed by atoms with Gasteiger partial charge in [-0.15, -0.1) is 0 Å². The number of nitriles is 1. The predicted molar refractivity (Wildman–Crippen MR) is 143 cm³/mol. The van der Waals surface area contributed by atoms with E-state index < -0.39 is 41.0 Å². The van der Waals surface area contributed by atoms with Crippen molar-refractivity contribution in [3.05, 3.63) is 76.5 Å². The normalized spacial score (nSPS) is 11.1. The number of rotatable bonds is 6. The first-order valence-electron chi connectivity index (χ1n) is 11.9. The van der Waals surface area contributed by atoms with Gasteiger partial charge in [-0.2, -0.15) is 18.4 Å². The van der Waals surface area contributed by atoms with Crippen LogP contribution in [0.3, 0.4) is 0 Å². The topological polar surface area (TPSA) is 166 Å². The molecule has 0 saturated carbocycles. The fraction of sp³-hybridized carbons (Fsp3) is 0.143. The minimum atomic E-state index is -4.88. The summed E-state index contributed by atoms with van der Waals surface area (Å²) in [6.07, 6.45) is -4.88. The van der Waals surface area contributed by atoms with E-state index in [9.17, 15) is 37.5 Å². The number of nitrogens with zero attached hydrogens (tertiary/aromatic N) is 3. The van der Waals surface area contributed by atoms with Crippen molar-refractivity contribution >= 4 is 46.0 Å². The highest BCUT2D eigenvalue weighted by Crippen LogP contribution is 2.41. The van der Waals surface area contributed by atoms with E-state index in [1.54, 1.807) is 6.07 Å². The molecule has 0 radical (unpaired) electrons. The number of carboxylic acid groups (broad SMARTS) is 1. The van der Waals surface area contributed by atoms with Crippen molar-refractivity contribution in [1.29, 1.82) is 5.26 Å². The highest BCUT2D eigenvalue weighted by Gasteiger charge is 2.35. The Hall–Kier alpha value is -5.71. The third kappa shape index (κ3) is 5.75. The summed E-state index contributed by atoms with van der Waals surface area (Å²) in [7, 11) is 2.78. The van der Waals surface area contributed by atoms with Gasteiger partial charge < -0.3 is 25.2 Å². The summed E-state index contributed by atoms with van der Waals surface area (Å²) in [5.74, 6) is -3.63. The Bertz CT molecular complexity index is 1820. The molecule has 3 aromatic carbocycles. The Balaban J connectivity index is 1.88. The quantitative estimate of drug-likeness (QED) is 0.287. The van der Waals surface area contributed by atoms with Crippen LogP contribution >= 0.6 is 0 Å². The lowest BCUT2D eigenvalue weighted by Gasteiger charge is -2.19. The zero-order chi connectivity index (χ0) is 30.9. The minimum Gasteiger partial charge on any atom is -0.478 e. The number of carbonyl (C=O) groups excluding carboxylic acids is 3. The molecule has 0 spiro atoms. The predicted octanol–water partition coefficient (Wildman–Crippen LogP) is 5.00. The van der Waals surface area contributed by atoms with Crippen LogP contribution in [0.25, 0.3) is 22.1 Å². The van der Waals surface area contributed by atoms with Crippen LogP contribution in [0.4, 0.5) is 24.5 Å². The van der Waals surface area contributed by atoms with Crippen LogP contribution in [0.15, 0.2) is 53.1 Å². The van der Waals surface area contributed by atoms with Gasteiger partial charge >= 0.3 is 12.1 Å². The van der Waals surface area contributed by atoms with Gasteiger partial charge in [-0.3, -0.25) is 14.4 Å². The van der Waals surface area contributed by atoms with Gasteiger partial charge in [0, 0.05) is 32.3 Å². The van der Waals surface area contributed by atoms with Crippen molar-refractivity contribution < 1.29 is 42.0 Å². The van der Waals surface area contributed by atoms with Crippen molar-refractivity contribution in [1.82, 2.24) is 10.1 Å². The molecule has 214 valence electrons. The maximum absolute atomic E-state index is 14.2. The largest absolute Gasteiger partial charge is 0.478 e. The number of anilines is 2. The number of nitrogens with one attached hydrogen (secondary N) is 2. The molecule has 0 aliphatic carbocycles. The molecule has 0 fully saturated rings. The first-order chi connectivity index (χ1) is 19.7. The minimum absolute atomic E-state index is 0.0320. The van der Waals surface area contributed by atoms with E-state index in [4.69, 9.17) is 9.78 Å². The van der Waals surface area contributed by atoms with E-state index in [2.05, 4.69) is 15.8 Å². The third-order valence-corrected chi connectivity index (χ3v) is 6.02. The highest BCUT2D eigenvalue weighted by molar-refractivity contribution is 6.15. The number of carbonyl (C=O) groups is 4. The van der Waals surface area contributed by atoms with Gasteiger partial charge in [0.25, 0.3) is 11.8 Å². The Morgan fingerprint density at radius 1 is 0.976 bits per heavy atom. The number of alkyl halides is 3. The zero-order valence-electron chi connectivity index (χ0n) is 22.1. The lowest BCUT2D eigenvalue weighted by Crippen LogP contribution is -2.23. The van der Waals surface area contributed by atoms with E-state index in [0.717, 1.165) is 42.2 Å². The summed E-state index contributed by atoms with van der Waals surface area (Å²) in [6.45, 7) is 1.14. The summed E-state index contributed by atoms with van der Waals surface area (Å²) in [4.78, 5) is 50.5. The molecule has 3 amide bonds. The SMILES string of the molecule is CC(=O)Nc1ccc(-c2cc3onc(C(=O)Nc4ccc(C#N)cc4C(=O)O)c3cc2C(=O)N(C)C)c(C(F)(F)F)c1. The van der Waals surface area contributed by atoms with Gasteiger partial charge in [0.2, 0.25) is 5.91 Å². The smallest absolute Gasteiger partial charge is 0.417 e. The van der Waals surface area contributed by atoms with Crippen molar-refractivity contribution in [2.24, 2.45) is 0 Å². The molecular formula is C28H20F3N5O6. The first kappa shape index (κ1) is 29.3. The first-order valence-corrected chi connectivity index (χ1v) is 11.9. The molecule has 0 saturated heterocycles. The number of amides is 3. The van der Waals surface area contributed by atoms with E-state index in [0.29, 0.717) is 0 Å². The molecular weight excluding hydrogens is 559 g/mol. The Kier molecular flexibility index (Phi) is 7.70. The summed E-state index contributed by atoms with van der Waals surface area (Å²) >= 11 is 0. The molecule has 0 atom stereocenters. The summed E-state index contributed by atoms with van der Waals surface area (Å²) in [5.41, 5.74) is -3.03. The monoisotopic (exact) mass is 579 g/mol. The van der Waals surface area contributed by atoms with Crippen molar-refractivity contribution in [3.63, 3.8) is 0 Å². The Morgan fingerprint density at radius 2 is 1.69 bits per heavy atom. The van der Waals surface area contributed by atoms with Crippen LogP contribution in [0.1, 0.15) is 49.3 Å². The van der Waals surface area contributed by atoms with E-state index in [1.807, 2.05) is 0 Å². The van der Waals surface area contributed by atoms with Crippen LogP contribution < -0.4 is 10.6 Å². The van der Waals surface area contributed by atoms with Gasteiger partial charge in [-0.1, -0.05) is 11.2 Å². The molecule has 11 nitrogen and oxygen atoms in total.